The number of furan rings is 1. The molecule has 0 fully saturated rings. The quantitative estimate of drug-likeness (QED) is 0.227. The third-order valence-electron chi connectivity index (χ3n) is 4.80. The minimum absolute atomic E-state index is 0. The Morgan fingerprint density at radius 2 is 2.00 bits per heavy atom. The molecule has 1 unspecified atom stereocenters. The van der Waals surface area contributed by atoms with Crippen LogP contribution in [0.15, 0.2) is 58.1 Å². The minimum atomic E-state index is 0. The highest BCUT2D eigenvalue weighted by molar-refractivity contribution is 14.0. The van der Waals surface area contributed by atoms with Gasteiger partial charge in [0.25, 0.3) is 0 Å². The average molecular weight is 523 g/mol. The van der Waals surface area contributed by atoms with Gasteiger partial charge >= 0.3 is 0 Å². The summed E-state index contributed by atoms with van der Waals surface area (Å²) in [6.07, 6.45) is 2.61. The van der Waals surface area contributed by atoms with Gasteiger partial charge in [-0.05, 0) is 38.1 Å². The number of rotatable bonds is 9. The molecule has 162 valence electrons. The highest BCUT2D eigenvalue weighted by Gasteiger charge is 2.11. The molecule has 2 aromatic heterocycles. The Balaban J connectivity index is 0.00000320. The first-order valence-electron chi connectivity index (χ1n) is 9.79. The molecule has 0 amide bonds. The maximum absolute atomic E-state index is 5.31. The van der Waals surface area contributed by atoms with E-state index in [-0.39, 0.29) is 24.0 Å². The van der Waals surface area contributed by atoms with E-state index in [0.717, 1.165) is 31.3 Å². The van der Waals surface area contributed by atoms with Crippen molar-refractivity contribution >= 4 is 29.9 Å². The Labute approximate surface area is 194 Å². The van der Waals surface area contributed by atoms with Crippen molar-refractivity contribution in [3.05, 3.63) is 60.1 Å². The summed E-state index contributed by atoms with van der Waals surface area (Å²) in [4.78, 5) is 11.0. The summed E-state index contributed by atoms with van der Waals surface area (Å²) < 4.78 is 5.31. The van der Waals surface area contributed by atoms with Crippen LogP contribution < -0.4 is 10.6 Å². The Morgan fingerprint density at radius 3 is 2.70 bits per heavy atom. The number of nitrogens with one attached hydrogen (secondary N) is 3. The lowest BCUT2D eigenvalue weighted by atomic mass is 10.1. The summed E-state index contributed by atoms with van der Waals surface area (Å²) in [5.74, 6) is 2.64. The Kier molecular flexibility index (Phi) is 9.81. The largest absolute Gasteiger partial charge is 0.461 e. The van der Waals surface area contributed by atoms with E-state index in [0.29, 0.717) is 24.2 Å². The van der Waals surface area contributed by atoms with Crippen molar-refractivity contribution in [3.8, 4) is 11.6 Å². The molecule has 0 radical (unpaired) electrons. The number of aromatic nitrogens is 3. The molecule has 0 aliphatic carbocycles. The topological polar surface area (TPSA) is 94.4 Å². The zero-order chi connectivity index (χ0) is 20.5. The predicted octanol–water partition coefficient (Wildman–Crippen LogP) is 3.26. The highest BCUT2D eigenvalue weighted by atomic mass is 127. The molecule has 0 aliphatic rings. The van der Waals surface area contributed by atoms with Gasteiger partial charge in [0.15, 0.2) is 11.7 Å². The second-order valence-corrected chi connectivity index (χ2v) is 6.97. The maximum atomic E-state index is 5.31. The van der Waals surface area contributed by atoms with Crippen LogP contribution in [0.1, 0.15) is 24.7 Å². The van der Waals surface area contributed by atoms with Gasteiger partial charge in [0.2, 0.25) is 5.82 Å². The fourth-order valence-corrected chi connectivity index (χ4v) is 2.93. The van der Waals surface area contributed by atoms with Gasteiger partial charge in [-0.2, -0.15) is 0 Å². The molecule has 3 rings (SSSR count). The number of hydrogen-bond acceptors (Lipinski definition) is 5. The molecule has 0 spiro atoms. The maximum Gasteiger partial charge on any atom is 0.216 e. The molecule has 3 N–H and O–H groups in total. The van der Waals surface area contributed by atoms with Crippen LogP contribution in [0.25, 0.3) is 11.6 Å². The molecular formula is C21H30IN7O. The van der Waals surface area contributed by atoms with E-state index in [9.17, 15) is 0 Å². The third kappa shape index (κ3) is 7.13. The number of aromatic amines is 1. The number of halogens is 1. The van der Waals surface area contributed by atoms with E-state index in [4.69, 9.17) is 4.42 Å². The molecule has 1 aromatic carbocycles. The van der Waals surface area contributed by atoms with Crippen LogP contribution in [0.3, 0.4) is 0 Å². The Morgan fingerprint density at radius 1 is 1.20 bits per heavy atom. The fourth-order valence-electron chi connectivity index (χ4n) is 2.93. The fraction of sp³-hybridized carbons (Fsp3) is 0.381. The van der Waals surface area contributed by atoms with E-state index in [1.165, 1.54) is 5.56 Å². The molecule has 8 nitrogen and oxygen atoms in total. The number of benzene rings is 1. The van der Waals surface area contributed by atoms with Gasteiger partial charge in [-0.25, -0.2) is 4.98 Å². The normalized spacial score (nSPS) is 12.5. The second kappa shape index (κ2) is 12.3. The standard InChI is InChI=1S/C21H29N7O.HI/c1-16(28(3)15-17-8-5-4-6-9-17)11-12-23-21(22-2)24-14-19-25-20(27-26-19)18-10-7-13-29-18;/h4-10,13,16H,11-12,14-15H2,1-3H3,(H2,22,23,24)(H,25,26,27);1H. The van der Waals surface area contributed by atoms with E-state index >= 15 is 0 Å². The van der Waals surface area contributed by atoms with Crippen molar-refractivity contribution in [3.63, 3.8) is 0 Å². The molecule has 0 saturated carbocycles. The molecule has 0 saturated heterocycles. The SMILES string of the molecule is CN=C(NCCC(C)N(C)Cc1ccccc1)NCc1nc(-c2ccco2)n[nH]1.I. The summed E-state index contributed by atoms with van der Waals surface area (Å²) in [5, 5.41) is 13.7. The van der Waals surface area contributed by atoms with Gasteiger partial charge in [-0.15, -0.1) is 29.1 Å². The van der Waals surface area contributed by atoms with Crippen LogP contribution in [-0.4, -0.2) is 52.7 Å². The van der Waals surface area contributed by atoms with E-state index in [2.05, 4.69) is 73.9 Å². The molecule has 2 heterocycles. The van der Waals surface area contributed by atoms with Crippen molar-refractivity contribution in [2.45, 2.75) is 32.5 Å². The number of guanidine groups is 1. The Bertz CT molecular complexity index is 880. The molecule has 3 aromatic rings. The van der Waals surface area contributed by atoms with Crippen LogP contribution in [0.2, 0.25) is 0 Å². The van der Waals surface area contributed by atoms with Crippen molar-refractivity contribution in [1.82, 2.24) is 30.7 Å². The molecular weight excluding hydrogens is 493 g/mol. The zero-order valence-corrected chi connectivity index (χ0v) is 20.0. The van der Waals surface area contributed by atoms with Crippen LogP contribution >= 0.6 is 24.0 Å². The number of aliphatic imine (C=N–C) groups is 1. The molecule has 30 heavy (non-hydrogen) atoms. The van der Waals surface area contributed by atoms with Crippen LogP contribution in [-0.2, 0) is 13.1 Å². The predicted molar refractivity (Wildman–Crippen MR) is 130 cm³/mol. The van der Waals surface area contributed by atoms with E-state index < -0.39 is 0 Å². The average Bonchev–Trinajstić information content (AvgIpc) is 3.42. The van der Waals surface area contributed by atoms with Gasteiger partial charge in [0.05, 0.1) is 12.8 Å². The first kappa shape index (κ1) is 23.9. The summed E-state index contributed by atoms with van der Waals surface area (Å²) in [7, 11) is 3.92. The summed E-state index contributed by atoms with van der Waals surface area (Å²) >= 11 is 0. The molecule has 0 aliphatic heterocycles. The minimum Gasteiger partial charge on any atom is -0.461 e. The highest BCUT2D eigenvalue weighted by Crippen LogP contribution is 2.14. The number of nitrogens with zero attached hydrogens (tertiary/aromatic N) is 4. The van der Waals surface area contributed by atoms with E-state index in [1.54, 1.807) is 13.3 Å². The third-order valence-corrected chi connectivity index (χ3v) is 4.80. The lowest BCUT2D eigenvalue weighted by Crippen LogP contribution is -2.39. The molecule has 1 atom stereocenters. The van der Waals surface area contributed by atoms with Gasteiger partial charge in [-0.1, -0.05) is 30.3 Å². The summed E-state index contributed by atoms with van der Waals surface area (Å²) in [6.45, 7) is 4.51. The zero-order valence-electron chi connectivity index (χ0n) is 17.6. The van der Waals surface area contributed by atoms with Crippen LogP contribution in [0.5, 0.6) is 0 Å². The van der Waals surface area contributed by atoms with E-state index in [1.807, 2.05) is 18.2 Å². The lowest BCUT2D eigenvalue weighted by molar-refractivity contribution is 0.238. The van der Waals surface area contributed by atoms with Crippen LogP contribution in [0, 0.1) is 0 Å². The monoisotopic (exact) mass is 523 g/mol. The lowest BCUT2D eigenvalue weighted by Gasteiger charge is -2.25. The van der Waals surface area contributed by atoms with Crippen molar-refractivity contribution < 1.29 is 4.42 Å². The van der Waals surface area contributed by atoms with Gasteiger partial charge in [-0.3, -0.25) is 15.0 Å². The first-order chi connectivity index (χ1) is 14.2. The van der Waals surface area contributed by atoms with Gasteiger partial charge in [0, 0.05) is 26.2 Å². The van der Waals surface area contributed by atoms with Gasteiger partial charge in [0.1, 0.15) is 5.82 Å². The smallest absolute Gasteiger partial charge is 0.216 e. The number of hydrogen-bond donors (Lipinski definition) is 3. The summed E-state index contributed by atoms with van der Waals surface area (Å²) in [6, 6.07) is 14.6. The van der Waals surface area contributed by atoms with Gasteiger partial charge < -0.3 is 15.1 Å². The second-order valence-electron chi connectivity index (χ2n) is 6.97. The summed E-state index contributed by atoms with van der Waals surface area (Å²) in [5.41, 5.74) is 1.33. The number of H-pyrrole nitrogens is 1. The molecule has 0 bridgehead atoms. The van der Waals surface area contributed by atoms with Crippen molar-refractivity contribution in [2.24, 2.45) is 4.99 Å². The first-order valence-corrected chi connectivity index (χ1v) is 9.79. The Hall–Kier alpha value is -2.40. The molecule has 9 heteroatoms. The van der Waals surface area contributed by atoms with Crippen molar-refractivity contribution in [1.29, 1.82) is 0 Å². The van der Waals surface area contributed by atoms with Crippen LogP contribution in [0.4, 0.5) is 0 Å². The van der Waals surface area contributed by atoms with Crippen molar-refractivity contribution in [2.75, 3.05) is 20.6 Å².